The Hall–Kier alpha value is -1.81. The molecule has 0 aliphatic carbocycles. The van der Waals surface area contributed by atoms with E-state index in [9.17, 15) is 13.2 Å². The van der Waals surface area contributed by atoms with Crippen LogP contribution < -0.4 is 5.73 Å². The van der Waals surface area contributed by atoms with Crippen molar-refractivity contribution >= 4 is 11.3 Å². The Morgan fingerprint density at radius 1 is 1.12 bits per heavy atom. The first-order valence-electron chi connectivity index (χ1n) is 7.83. The van der Waals surface area contributed by atoms with Gasteiger partial charge in [0.2, 0.25) is 0 Å². The number of alkyl halides is 3. The summed E-state index contributed by atoms with van der Waals surface area (Å²) >= 11 is 1.57. The summed E-state index contributed by atoms with van der Waals surface area (Å²) < 4.78 is 37.5. The molecule has 2 rings (SSSR count). The molecule has 0 fully saturated rings. The minimum Gasteiger partial charge on any atom is -0.394 e. The monoisotopic (exact) mass is 367 g/mol. The maximum absolute atomic E-state index is 12.5. The van der Waals surface area contributed by atoms with Crippen LogP contribution in [0.2, 0.25) is 0 Å². The van der Waals surface area contributed by atoms with E-state index in [0.717, 1.165) is 33.9 Å². The van der Waals surface area contributed by atoms with E-state index in [1.807, 2.05) is 19.1 Å². The van der Waals surface area contributed by atoms with E-state index in [1.165, 1.54) is 12.1 Å². The molecule has 25 heavy (non-hydrogen) atoms. The van der Waals surface area contributed by atoms with Crippen LogP contribution in [0, 0.1) is 11.8 Å². The van der Waals surface area contributed by atoms with E-state index < -0.39 is 17.3 Å². The number of aliphatic hydroxyl groups is 1. The number of aliphatic hydroxyl groups excluding tert-OH is 1. The highest BCUT2D eigenvalue weighted by molar-refractivity contribution is 7.12. The molecule has 1 aromatic carbocycles. The molecular formula is C19H20F3NOS. The standard InChI is InChI=1S/C19H20F3NOS/c1-18(23,13-24)12-11-17-10-9-16(25-17)4-2-3-14-5-7-15(8-6-14)19(20,21)22/h5-10,24H,3,11-13,23H2,1H3. The number of aryl methyl sites for hydroxylation is 1. The van der Waals surface area contributed by atoms with Gasteiger partial charge in [0.25, 0.3) is 0 Å². The van der Waals surface area contributed by atoms with Crippen LogP contribution in [0.3, 0.4) is 0 Å². The van der Waals surface area contributed by atoms with Crippen LogP contribution in [0.5, 0.6) is 0 Å². The summed E-state index contributed by atoms with van der Waals surface area (Å²) in [6.07, 6.45) is -2.45. The molecule has 2 nitrogen and oxygen atoms in total. The van der Waals surface area contributed by atoms with Crippen LogP contribution >= 0.6 is 11.3 Å². The topological polar surface area (TPSA) is 46.2 Å². The van der Waals surface area contributed by atoms with Crippen molar-refractivity contribution in [1.29, 1.82) is 0 Å². The molecule has 2 aromatic rings. The Kier molecular flexibility index (Phi) is 6.28. The van der Waals surface area contributed by atoms with Gasteiger partial charge >= 0.3 is 6.18 Å². The van der Waals surface area contributed by atoms with Crippen LogP contribution in [0.4, 0.5) is 13.2 Å². The molecule has 6 heteroatoms. The summed E-state index contributed by atoms with van der Waals surface area (Å²) in [5.41, 5.74) is 5.42. The Morgan fingerprint density at radius 3 is 2.40 bits per heavy atom. The molecule has 0 saturated heterocycles. The van der Waals surface area contributed by atoms with Crippen molar-refractivity contribution in [3.63, 3.8) is 0 Å². The van der Waals surface area contributed by atoms with E-state index in [1.54, 1.807) is 11.3 Å². The SMILES string of the molecule is CC(N)(CO)CCc1ccc(C#CCc2ccc(C(F)(F)F)cc2)s1. The molecule has 0 amide bonds. The molecule has 0 bridgehead atoms. The average Bonchev–Trinajstić information content (AvgIpc) is 3.01. The fraction of sp³-hybridized carbons (Fsp3) is 0.368. The van der Waals surface area contributed by atoms with Crippen molar-refractivity contribution in [2.75, 3.05) is 6.61 Å². The number of benzene rings is 1. The molecule has 1 atom stereocenters. The second kappa shape index (κ2) is 8.05. The van der Waals surface area contributed by atoms with Gasteiger partial charge in [-0.1, -0.05) is 24.0 Å². The zero-order valence-corrected chi connectivity index (χ0v) is 14.7. The van der Waals surface area contributed by atoms with Gasteiger partial charge in [0.1, 0.15) is 0 Å². The Bertz CT molecular complexity index is 751. The number of rotatable bonds is 5. The molecule has 0 aliphatic heterocycles. The summed E-state index contributed by atoms with van der Waals surface area (Å²) in [4.78, 5) is 2.05. The Morgan fingerprint density at radius 2 is 1.80 bits per heavy atom. The van der Waals surface area contributed by atoms with Crippen molar-refractivity contribution in [2.24, 2.45) is 5.73 Å². The Balaban J connectivity index is 1.92. The van der Waals surface area contributed by atoms with Gasteiger partial charge < -0.3 is 10.8 Å². The molecule has 0 aliphatic rings. The predicted molar refractivity (Wildman–Crippen MR) is 94.3 cm³/mol. The van der Waals surface area contributed by atoms with Gasteiger partial charge in [0, 0.05) is 16.8 Å². The first-order valence-corrected chi connectivity index (χ1v) is 8.65. The normalized spacial score (nSPS) is 13.8. The fourth-order valence-electron chi connectivity index (χ4n) is 2.11. The lowest BCUT2D eigenvalue weighted by Gasteiger charge is -2.20. The molecule has 3 N–H and O–H groups in total. The minimum atomic E-state index is -4.31. The van der Waals surface area contributed by atoms with E-state index in [2.05, 4.69) is 11.8 Å². The molecule has 0 radical (unpaired) electrons. The van der Waals surface area contributed by atoms with E-state index in [-0.39, 0.29) is 6.61 Å². The number of hydrogen-bond donors (Lipinski definition) is 2. The third kappa shape index (κ3) is 6.20. The average molecular weight is 367 g/mol. The highest BCUT2D eigenvalue weighted by Gasteiger charge is 2.29. The molecule has 1 heterocycles. The molecule has 1 aromatic heterocycles. The van der Waals surface area contributed by atoms with Crippen molar-refractivity contribution in [1.82, 2.24) is 0 Å². The second-order valence-electron chi connectivity index (χ2n) is 6.25. The van der Waals surface area contributed by atoms with Crippen molar-refractivity contribution in [2.45, 2.75) is 37.9 Å². The number of halogens is 3. The van der Waals surface area contributed by atoms with Gasteiger partial charge in [0.15, 0.2) is 0 Å². The smallest absolute Gasteiger partial charge is 0.394 e. The lowest BCUT2D eigenvalue weighted by Crippen LogP contribution is -2.40. The lowest BCUT2D eigenvalue weighted by molar-refractivity contribution is -0.137. The molecule has 134 valence electrons. The van der Waals surface area contributed by atoms with Crippen LogP contribution in [-0.4, -0.2) is 17.3 Å². The highest BCUT2D eigenvalue weighted by Crippen LogP contribution is 2.29. The number of thiophene rings is 1. The maximum Gasteiger partial charge on any atom is 0.416 e. The van der Waals surface area contributed by atoms with Crippen LogP contribution in [0.15, 0.2) is 36.4 Å². The zero-order chi connectivity index (χ0) is 18.5. The first kappa shape index (κ1) is 19.5. The van der Waals surface area contributed by atoms with E-state index >= 15 is 0 Å². The predicted octanol–water partition coefficient (Wildman–Crippen LogP) is 4.00. The second-order valence-corrected chi connectivity index (χ2v) is 7.42. The van der Waals surface area contributed by atoms with Gasteiger partial charge in [-0.3, -0.25) is 0 Å². The van der Waals surface area contributed by atoms with E-state index in [0.29, 0.717) is 12.8 Å². The highest BCUT2D eigenvalue weighted by atomic mass is 32.1. The van der Waals surface area contributed by atoms with Gasteiger partial charge in [-0.05, 0) is 49.6 Å². The summed E-state index contributed by atoms with van der Waals surface area (Å²) in [7, 11) is 0. The van der Waals surface area contributed by atoms with Crippen molar-refractivity contribution in [3.8, 4) is 11.8 Å². The lowest BCUT2D eigenvalue weighted by atomic mass is 9.98. The van der Waals surface area contributed by atoms with Gasteiger partial charge in [0.05, 0.1) is 17.0 Å². The van der Waals surface area contributed by atoms with Crippen molar-refractivity contribution in [3.05, 3.63) is 57.3 Å². The number of hydrogen-bond acceptors (Lipinski definition) is 3. The third-order valence-electron chi connectivity index (χ3n) is 3.75. The first-order chi connectivity index (χ1) is 11.7. The quantitative estimate of drug-likeness (QED) is 0.785. The number of nitrogens with two attached hydrogens (primary N) is 1. The summed E-state index contributed by atoms with van der Waals surface area (Å²) in [5, 5.41) is 9.16. The van der Waals surface area contributed by atoms with Crippen LogP contribution in [0.1, 0.15) is 34.2 Å². The van der Waals surface area contributed by atoms with Crippen LogP contribution in [0.25, 0.3) is 0 Å². The summed E-state index contributed by atoms with van der Waals surface area (Å²) in [6, 6.07) is 8.96. The molecular weight excluding hydrogens is 347 g/mol. The molecule has 0 saturated carbocycles. The molecule has 1 unspecified atom stereocenters. The Labute approximate surface area is 149 Å². The third-order valence-corrected chi connectivity index (χ3v) is 4.81. The zero-order valence-electron chi connectivity index (χ0n) is 13.9. The van der Waals surface area contributed by atoms with Crippen molar-refractivity contribution < 1.29 is 18.3 Å². The van der Waals surface area contributed by atoms with E-state index in [4.69, 9.17) is 10.8 Å². The largest absolute Gasteiger partial charge is 0.416 e. The maximum atomic E-state index is 12.5. The van der Waals surface area contributed by atoms with Gasteiger partial charge in [-0.2, -0.15) is 13.2 Å². The summed E-state index contributed by atoms with van der Waals surface area (Å²) in [5.74, 6) is 6.02. The minimum absolute atomic E-state index is 0.0574. The summed E-state index contributed by atoms with van der Waals surface area (Å²) in [6.45, 7) is 1.75. The van der Waals surface area contributed by atoms with Crippen LogP contribution in [-0.2, 0) is 19.0 Å². The van der Waals surface area contributed by atoms with Gasteiger partial charge in [-0.15, -0.1) is 11.3 Å². The fourth-order valence-corrected chi connectivity index (χ4v) is 2.99. The molecule has 0 spiro atoms. The van der Waals surface area contributed by atoms with Gasteiger partial charge in [-0.25, -0.2) is 0 Å².